The molecule has 2 aromatic carbocycles. The first-order valence-corrected chi connectivity index (χ1v) is 10.9. The fourth-order valence-electron chi connectivity index (χ4n) is 2.42. The van der Waals surface area contributed by atoms with Crippen LogP contribution in [0.25, 0.3) is 10.6 Å². The maximum absolute atomic E-state index is 13.1. The smallest absolute Gasteiger partial charge is 0.246 e. The summed E-state index contributed by atoms with van der Waals surface area (Å²) in [6.07, 6.45) is 0.969. The minimum absolute atomic E-state index is 0.181. The zero-order valence-electron chi connectivity index (χ0n) is 15.5. The Bertz CT molecular complexity index is 1100. The number of ether oxygens (including phenoxy) is 1. The maximum atomic E-state index is 13.1. The van der Waals surface area contributed by atoms with E-state index < -0.39 is 28.3 Å². The lowest BCUT2D eigenvalue weighted by atomic mass is 10.2. The second-order valence-electron chi connectivity index (χ2n) is 5.94. The molecule has 1 N–H and O–H groups in total. The van der Waals surface area contributed by atoms with Gasteiger partial charge < -0.3 is 4.74 Å². The molecule has 3 aromatic rings. The molecule has 3 rings (SSSR count). The fraction of sp³-hybridized carbons (Fsp3) is 0.167. The first-order valence-electron chi connectivity index (χ1n) is 8.27. The number of benzene rings is 2. The van der Waals surface area contributed by atoms with E-state index in [-0.39, 0.29) is 10.8 Å². The maximum Gasteiger partial charge on any atom is 0.246 e. The number of methoxy groups -OCH3 is 1. The number of sulfonamides is 1. The standard InChI is InChI=1S/C18H17FN4O4S2/c1-27-15-9-3-12(4-10-15)17-21-22-18(28-17)20-16(24)11-23(29(2,25)26)14-7-5-13(19)6-8-14/h3-10H,11H2,1-2H3,(H,20,22,24). The predicted octanol–water partition coefficient (Wildman–Crippen LogP) is 2.76. The average molecular weight is 436 g/mol. The first-order chi connectivity index (χ1) is 13.8. The van der Waals surface area contributed by atoms with E-state index in [2.05, 4.69) is 15.5 Å². The van der Waals surface area contributed by atoms with Crippen molar-refractivity contribution in [1.29, 1.82) is 0 Å². The van der Waals surface area contributed by atoms with E-state index in [0.29, 0.717) is 10.8 Å². The van der Waals surface area contributed by atoms with Gasteiger partial charge in [0.1, 0.15) is 23.1 Å². The van der Waals surface area contributed by atoms with Gasteiger partial charge in [0.05, 0.1) is 19.1 Å². The molecule has 0 saturated heterocycles. The molecule has 0 aliphatic heterocycles. The van der Waals surface area contributed by atoms with Crippen LogP contribution in [0.2, 0.25) is 0 Å². The van der Waals surface area contributed by atoms with Gasteiger partial charge in [-0.15, -0.1) is 10.2 Å². The van der Waals surface area contributed by atoms with Crippen LogP contribution in [0.5, 0.6) is 5.75 Å². The molecule has 8 nitrogen and oxygen atoms in total. The van der Waals surface area contributed by atoms with Crippen molar-refractivity contribution in [3.05, 3.63) is 54.3 Å². The summed E-state index contributed by atoms with van der Waals surface area (Å²) in [5.41, 5.74) is 0.980. The van der Waals surface area contributed by atoms with Gasteiger partial charge in [0.15, 0.2) is 0 Å². The number of nitrogens with zero attached hydrogens (tertiary/aromatic N) is 3. The average Bonchev–Trinajstić information content (AvgIpc) is 3.14. The van der Waals surface area contributed by atoms with Gasteiger partial charge >= 0.3 is 0 Å². The van der Waals surface area contributed by atoms with Crippen molar-refractivity contribution in [2.75, 3.05) is 29.5 Å². The van der Waals surface area contributed by atoms with Crippen molar-refractivity contribution >= 4 is 38.1 Å². The highest BCUT2D eigenvalue weighted by Crippen LogP contribution is 2.28. The normalized spacial score (nSPS) is 11.1. The van der Waals surface area contributed by atoms with Gasteiger partial charge in [0, 0.05) is 5.56 Å². The number of amides is 1. The minimum Gasteiger partial charge on any atom is -0.497 e. The Labute approximate surface area is 171 Å². The molecule has 0 atom stereocenters. The minimum atomic E-state index is -3.76. The molecule has 29 heavy (non-hydrogen) atoms. The van der Waals surface area contributed by atoms with Crippen molar-refractivity contribution in [2.24, 2.45) is 0 Å². The lowest BCUT2D eigenvalue weighted by Gasteiger charge is -2.21. The molecule has 0 fully saturated rings. The number of halogens is 1. The molecule has 11 heteroatoms. The highest BCUT2D eigenvalue weighted by Gasteiger charge is 2.21. The largest absolute Gasteiger partial charge is 0.497 e. The molecule has 1 amide bonds. The van der Waals surface area contributed by atoms with Crippen molar-refractivity contribution in [3.8, 4) is 16.3 Å². The monoisotopic (exact) mass is 436 g/mol. The van der Waals surface area contributed by atoms with Gasteiger partial charge in [0.2, 0.25) is 21.1 Å². The molecule has 1 aromatic heterocycles. The van der Waals surface area contributed by atoms with Crippen LogP contribution in [0.15, 0.2) is 48.5 Å². The van der Waals surface area contributed by atoms with E-state index in [0.717, 1.165) is 39.6 Å². The molecule has 0 spiro atoms. The van der Waals surface area contributed by atoms with Gasteiger partial charge in [-0.3, -0.25) is 14.4 Å². The number of aromatic nitrogens is 2. The summed E-state index contributed by atoms with van der Waals surface area (Å²) in [5, 5.41) is 11.3. The van der Waals surface area contributed by atoms with E-state index in [4.69, 9.17) is 4.74 Å². The van der Waals surface area contributed by atoms with Gasteiger partial charge in [-0.05, 0) is 48.5 Å². The van der Waals surface area contributed by atoms with E-state index in [1.165, 1.54) is 12.1 Å². The lowest BCUT2D eigenvalue weighted by Crippen LogP contribution is -2.37. The van der Waals surface area contributed by atoms with Crippen LogP contribution in [0.4, 0.5) is 15.2 Å². The molecule has 152 valence electrons. The summed E-state index contributed by atoms with van der Waals surface area (Å²) in [6.45, 7) is -0.484. The molecule has 0 aliphatic rings. The molecule has 0 bridgehead atoms. The Balaban J connectivity index is 1.72. The summed E-state index contributed by atoms with van der Waals surface area (Å²) < 4.78 is 43.2. The molecule has 0 radical (unpaired) electrons. The summed E-state index contributed by atoms with van der Waals surface area (Å²) in [5.74, 6) is -0.405. The Morgan fingerprint density at radius 1 is 1.14 bits per heavy atom. The topological polar surface area (TPSA) is 101 Å². The molecule has 0 aliphatic carbocycles. The number of rotatable bonds is 7. The van der Waals surface area contributed by atoms with Gasteiger partial charge in [0.25, 0.3) is 0 Å². The highest BCUT2D eigenvalue weighted by atomic mass is 32.2. The van der Waals surface area contributed by atoms with Crippen molar-refractivity contribution in [2.45, 2.75) is 0 Å². The van der Waals surface area contributed by atoms with E-state index in [1.807, 2.05) is 12.1 Å². The Kier molecular flexibility index (Phi) is 6.09. The Hall–Kier alpha value is -3.05. The van der Waals surface area contributed by atoms with Crippen LogP contribution in [-0.4, -0.2) is 44.4 Å². The van der Waals surface area contributed by atoms with Crippen LogP contribution in [0, 0.1) is 5.82 Å². The third kappa shape index (κ3) is 5.27. The van der Waals surface area contributed by atoms with Gasteiger partial charge in [-0.25, -0.2) is 12.8 Å². The Morgan fingerprint density at radius 2 is 1.79 bits per heavy atom. The van der Waals surface area contributed by atoms with Crippen LogP contribution in [0.3, 0.4) is 0 Å². The zero-order valence-corrected chi connectivity index (χ0v) is 17.1. The summed E-state index contributed by atoms with van der Waals surface area (Å²) in [6, 6.07) is 12.0. The molecular weight excluding hydrogens is 419 g/mol. The van der Waals surface area contributed by atoms with E-state index in [9.17, 15) is 17.6 Å². The fourth-order valence-corrected chi connectivity index (χ4v) is 4.04. The first kappa shape index (κ1) is 20.7. The quantitative estimate of drug-likeness (QED) is 0.611. The number of hydrogen-bond acceptors (Lipinski definition) is 7. The summed E-state index contributed by atoms with van der Waals surface area (Å²) in [7, 11) is -2.19. The number of carbonyl (C=O) groups is 1. The predicted molar refractivity (Wildman–Crippen MR) is 109 cm³/mol. The highest BCUT2D eigenvalue weighted by molar-refractivity contribution is 7.92. The number of carbonyl (C=O) groups excluding carboxylic acids is 1. The van der Waals surface area contributed by atoms with Crippen molar-refractivity contribution < 1.29 is 22.3 Å². The zero-order chi connectivity index (χ0) is 21.0. The van der Waals surface area contributed by atoms with Gasteiger partial charge in [-0.2, -0.15) is 0 Å². The van der Waals surface area contributed by atoms with Crippen LogP contribution in [0.1, 0.15) is 0 Å². The number of nitrogens with one attached hydrogen (secondary N) is 1. The summed E-state index contributed by atoms with van der Waals surface area (Å²) >= 11 is 1.15. The summed E-state index contributed by atoms with van der Waals surface area (Å²) in [4.78, 5) is 12.4. The second kappa shape index (κ2) is 8.53. The molecular formula is C18H17FN4O4S2. The molecule has 1 heterocycles. The van der Waals surface area contributed by atoms with Crippen LogP contribution >= 0.6 is 11.3 Å². The third-order valence-electron chi connectivity index (χ3n) is 3.81. The second-order valence-corrected chi connectivity index (χ2v) is 8.82. The molecule has 0 saturated carbocycles. The Morgan fingerprint density at radius 3 is 2.38 bits per heavy atom. The lowest BCUT2D eigenvalue weighted by molar-refractivity contribution is -0.114. The van der Waals surface area contributed by atoms with Crippen LogP contribution < -0.4 is 14.4 Å². The van der Waals surface area contributed by atoms with Crippen molar-refractivity contribution in [1.82, 2.24) is 10.2 Å². The number of hydrogen-bond donors (Lipinski definition) is 1. The van der Waals surface area contributed by atoms with Gasteiger partial charge in [-0.1, -0.05) is 11.3 Å². The SMILES string of the molecule is COc1ccc(-c2nnc(NC(=O)CN(c3ccc(F)cc3)S(C)(=O)=O)s2)cc1. The molecule has 0 unspecified atom stereocenters. The van der Waals surface area contributed by atoms with Crippen molar-refractivity contribution in [3.63, 3.8) is 0 Å². The van der Waals surface area contributed by atoms with Crippen LogP contribution in [-0.2, 0) is 14.8 Å². The number of anilines is 2. The third-order valence-corrected chi connectivity index (χ3v) is 5.84. The van der Waals surface area contributed by atoms with E-state index >= 15 is 0 Å². The van der Waals surface area contributed by atoms with E-state index in [1.54, 1.807) is 19.2 Å².